The van der Waals surface area contributed by atoms with Gasteiger partial charge in [0.25, 0.3) is 0 Å². The summed E-state index contributed by atoms with van der Waals surface area (Å²) >= 11 is 0. The number of amides is 4. The summed E-state index contributed by atoms with van der Waals surface area (Å²) in [6.45, 7) is 3.91. The van der Waals surface area contributed by atoms with Crippen LogP contribution in [-0.4, -0.2) is 60.0 Å². The molecule has 10 heteroatoms. The maximum absolute atomic E-state index is 13.0. The van der Waals surface area contributed by atoms with Gasteiger partial charge in [0.1, 0.15) is 17.8 Å². The number of phenolic OH excluding ortho intramolecular Hbond substituents is 1. The maximum Gasteiger partial charge on any atom is 0.242 e. The van der Waals surface area contributed by atoms with Crippen molar-refractivity contribution in [1.29, 1.82) is 0 Å². The van der Waals surface area contributed by atoms with Gasteiger partial charge in [0.15, 0.2) is 0 Å². The van der Waals surface area contributed by atoms with Crippen LogP contribution in [0.5, 0.6) is 5.75 Å². The second kappa shape index (κ2) is 21.7. The van der Waals surface area contributed by atoms with Crippen LogP contribution in [0.1, 0.15) is 89.2 Å². The molecule has 0 aliphatic rings. The fourth-order valence-electron chi connectivity index (χ4n) is 4.94. The molecule has 0 aromatic heterocycles. The van der Waals surface area contributed by atoms with E-state index in [1.54, 1.807) is 12.1 Å². The summed E-state index contributed by atoms with van der Waals surface area (Å²) in [4.78, 5) is 50.9. The van der Waals surface area contributed by atoms with E-state index in [4.69, 9.17) is 5.73 Å². The molecule has 2 rings (SSSR count). The summed E-state index contributed by atoms with van der Waals surface area (Å²) in [5.74, 6) is -1.74. The smallest absolute Gasteiger partial charge is 0.242 e. The number of nitrogens with two attached hydrogens (primary N) is 1. The zero-order valence-electron chi connectivity index (χ0n) is 27.0. The summed E-state index contributed by atoms with van der Waals surface area (Å²) in [5, 5.41) is 20.2. The van der Waals surface area contributed by atoms with Crippen molar-refractivity contribution >= 4 is 23.6 Å². The van der Waals surface area contributed by atoms with E-state index in [2.05, 4.69) is 28.2 Å². The Hall–Kier alpha value is -3.92. The number of carbonyl (C=O) groups excluding carboxylic acids is 4. The van der Waals surface area contributed by atoms with Gasteiger partial charge in [0, 0.05) is 13.0 Å². The highest BCUT2D eigenvalue weighted by Gasteiger charge is 2.23. The lowest BCUT2D eigenvalue weighted by Crippen LogP contribution is -2.53. The van der Waals surface area contributed by atoms with E-state index in [1.807, 2.05) is 30.3 Å². The maximum atomic E-state index is 13.0. The quantitative estimate of drug-likeness (QED) is 0.110. The van der Waals surface area contributed by atoms with Gasteiger partial charge in [0.05, 0.1) is 12.6 Å². The first-order valence-electron chi connectivity index (χ1n) is 16.4. The first-order valence-corrected chi connectivity index (χ1v) is 16.4. The molecule has 2 aromatic carbocycles. The van der Waals surface area contributed by atoms with E-state index < -0.39 is 35.8 Å². The summed E-state index contributed by atoms with van der Waals surface area (Å²) in [6.07, 6.45) is 12.6. The zero-order valence-corrected chi connectivity index (χ0v) is 27.0. The lowest BCUT2D eigenvalue weighted by molar-refractivity contribution is -0.131. The number of aromatic hydroxyl groups is 1. The molecule has 3 atom stereocenters. The zero-order chi connectivity index (χ0) is 32.9. The first kappa shape index (κ1) is 37.3. The van der Waals surface area contributed by atoms with Crippen LogP contribution in [-0.2, 0) is 32.0 Å². The van der Waals surface area contributed by atoms with Gasteiger partial charge in [0.2, 0.25) is 23.6 Å². The largest absolute Gasteiger partial charge is 0.508 e. The highest BCUT2D eigenvalue weighted by Crippen LogP contribution is 2.12. The van der Waals surface area contributed by atoms with Crippen molar-refractivity contribution in [3.8, 4) is 5.75 Å². The Morgan fingerprint density at radius 2 is 1.27 bits per heavy atom. The van der Waals surface area contributed by atoms with Crippen LogP contribution in [0, 0.1) is 0 Å². The monoisotopic (exact) mass is 623 g/mol. The third-order valence-electron chi connectivity index (χ3n) is 7.67. The van der Waals surface area contributed by atoms with E-state index in [1.165, 1.54) is 64.0 Å². The number of phenols is 1. The van der Waals surface area contributed by atoms with Gasteiger partial charge in [-0.2, -0.15) is 0 Å². The molecule has 0 saturated heterocycles. The molecule has 0 fully saturated rings. The van der Waals surface area contributed by atoms with E-state index >= 15 is 0 Å². The predicted molar refractivity (Wildman–Crippen MR) is 177 cm³/mol. The molecule has 0 aliphatic carbocycles. The van der Waals surface area contributed by atoms with Crippen molar-refractivity contribution in [2.24, 2.45) is 5.73 Å². The van der Waals surface area contributed by atoms with Gasteiger partial charge in [-0.15, -0.1) is 0 Å². The first-order chi connectivity index (χ1) is 21.7. The van der Waals surface area contributed by atoms with Crippen molar-refractivity contribution in [1.82, 2.24) is 21.3 Å². The second-order valence-corrected chi connectivity index (χ2v) is 11.7. The van der Waals surface area contributed by atoms with Crippen LogP contribution < -0.4 is 27.0 Å². The minimum atomic E-state index is -0.930. The summed E-state index contributed by atoms with van der Waals surface area (Å²) in [6, 6.07) is 13.2. The molecule has 2 aromatic rings. The number of unbranched alkanes of at least 4 members (excludes halogenated alkanes) is 9. The molecule has 248 valence electrons. The molecule has 0 saturated carbocycles. The van der Waals surface area contributed by atoms with Gasteiger partial charge >= 0.3 is 0 Å². The summed E-state index contributed by atoms with van der Waals surface area (Å²) in [7, 11) is 0. The van der Waals surface area contributed by atoms with Crippen LogP contribution in [0.2, 0.25) is 0 Å². The number of carbonyl (C=O) groups is 4. The Morgan fingerprint density at radius 3 is 1.89 bits per heavy atom. The molecular weight excluding hydrogens is 570 g/mol. The van der Waals surface area contributed by atoms with E-state index in [0.717, 1.165) is 30.4 Å². The van der Waals surface area contributed by atoms with Crippen molar-refractivity contribution in [3.05, 3.63) is 65.7 Å². The molecule has 7 N–H and O–H groups in total. The van der Waals surface area contributed by atoms with Crippen LogP contribution in [0.4, 0.5) is 0 Å². The topological polar surface area (TPSA) is 163 Å². The van der Waals surface area contributed by atoms with Crippen LogP contribution in [0.25, 0.3) is 0 Å². The normalized spacial score (nSPS) is 12.9. The Labute approximate surface area is 268 Å². The number of rotatable bonds is 22. The standard InChI is InChI=1S/C35H53N5O5/c1-3-4-5-6-7-8-9-10-11-15-22-37-35(45)31(24-27-16-13-12-14-17-27)40-32(42)25-38-33(43)26(2)39-34(44)30(36)23-28-18-20-29(41)21-19-28/h12-14,16-21,26,30-31,41H,3-11,15,22-25,36H2,1-2H3,(H,37,45)(H,38,43)(H,39,44)(H,40,42). The van der Waals surface area contributed by atoms with Crippen molar-refractivity contribution in [2.75, 3.05) is 13.1 Å². The van der Waals surface area contributed by atoms with Gasteiger partial charge in [-0.3, -0.25) is 19.2 Å². The third kappa shape index (κ3) is 16.1. The van der Waals surface area contributed by atoms with Crippen molar-refractivity contribution in [3.63, 3.8) is 0 Å². The van der Waals surface area contributed by atoms with Crippen molar-refractivity contribution in [2.45, 2.75) is 109 Å². The van der Waals surface area contributed by atoms with E-state index in [9.17, 15) is 24.3 Å². The lowest BCUT2D eigenvalue weighted by atomic mass is 10.0. The van der Waals surface area contributed by atoms with Gasteiger partial charge in [-0.05, 0) is 43.0 Å². The minimum Gasteiger partial charge on any atom is -0.508 e. The Kier molecular flexibility index (Phi) is 18.0. The Morgan fingerprint density at radius 1 is 0.689 bits per heavy atom. The summed E-state index contributed by atoms with van der Waals surface area (Å²) < 4.78 is 0. The van der Waals surface area contributed by atoms with Crippen LogP contribution in [0.3, 0.4) is 0 Å². The molecule has 3 unspecified atom stereocenters. The summed E-state index contributed by atoms with van der Waals surface area (Å²) in [5.41, 5.74) is 7.65. The van der Waals surface area contributed by atoms with E-state index in [-0.39, 0.29) is 24.6 Å². The average Bonchev–Trinajstić information content (AvgIpc) is 3.03. The SMILES string of the molecule is CCCCCCCCCCCCNC(=O)C(Cc1ccccc1)NC(=O)CNC(=O)C(C)NC(=O)C(N)Cc1ccc(O)cc1. The minimum absolute atomic E-state index is 0.113. The Balaban J connectivity index is 1.75. The molecular formula is C35H53N5O5. The molecule has 0 radical (unpaired) electrons. The molecule has 0 spiro atoms. The molecule has 45 heavy (non-hydrogen) atoms. The molecule has 4 amide bonds. The predicted octanol–water partition coefficient (Wildman–Crippen LogP) is 3.65. The fraction of sp³-hybridized carbons (Fsp3) is 0.543. The number of hydrogen-bond donors (Lipinski definition) is 6. The number of nitrogens with one attached hydrogen (secondary N) is 4. The van der Waals surface area contributed by atoms with Crippen molar-refractivity contribution < 1.29 is 24.3 Å². The average molecular weight is 624 g/mol. The molecule has 0 aliphatic heterocycles. The second-order valence-electron chi connectivity index (χ2n) is 11.7. The van der Waals surface area contributed by atoms with Gasteiger partial charge in [-0.25, -0.2) is 0 Å². The molecule has 0 bridgehead atoms. The van der Waals surface area contributed by atoms with Gasteiger partial charge in [-0.1, -0.05) is 107 Å². The van der Waals surface area contributed by atoms with Crippen LogP contribution >= 0.6 is 0 Å². The van der Waals surface area contributed by atoms with Gasteiger partial charge < -0.3 is 32.1 Å². The number of benzene rings is 2. The Bertz CT molecular complexity index is 1160. The lowest BCUT2D eigenvalue weighted by Gasteiger charge is -2.20. The van der Waals surface area contributed by atoms with Crippen LogP contribution in [0.15, 0.2) is 54.6 Å². The third-order valence-corrected chi connectivity index (χ3v) is 7.67. The fourth-order valence-corrected chi connectivity index (χ4v) is 4.94. The highest BCUT2D eigenvalue weighted by atomic mass is 16.3. The number of hydrogen-bond acceptors (Lipinski definition) is 6. The molecule has 0 heterocycles. The van der Waals surface area contributed by atoms with E-state index in [0.29, 0.717) is 13.0 Å². The molecule has 10 nitrogen and oxygen atoms in total. The highest BCUT2D eigenvalue weighted by molar-refractivity contribution is 5.93.